The zero-order valence-corrected chi connectivity index (χ0v) is 23.4. The molecular formula is C27H38ClN7O4. The second-order valence-corrected chi connectivity index (χ2v) is 10.4. The number of piperidine rings is 1. The van der Waals surface area contributed by atoms with E-state index in [2.05, 4.69) is 36.9 Å². The van der Waals surface area contributed by atoms with Gasteiger partial charge in [0.1, 0.15) is 0 Å². The van der Waals surface area contributed by atoms with E-state index in [-0.39, 0.29) is 35.8 Å². The quantitative estimate of drug-likeness (QED) is 0.390. The fraction of sp³-hybridized carbons (Fsp3) is 0.556. The van der Waals surface area contributed by atoms with Crippen LogP contribution in [0.2, 0.25) is 5.15 Å². The van der Waals surface area contributed by atoms with Gasteiger partial charge < -0.3 is 25.8 Å². The molecule has 0 saturated carbocycles. The Morgan fingerprint density at radius 3 is 2.51 bits per heavy atom. The van der Waals surface area contributed by atoms with Gasteiger partial charge in [0.15, 0.2) is 22.5 Å². The first-order valence-electron chi connectivity index (χ1n) is 13.5. The van der Waals surface area contributed by atoms with E-state index in [0.29, 0.717) is 23.5 Å². The molecule has 212 valence electrons. The number of ether oxygens (including phenoxy) is 1. The zero-order chi connectivity index (χ0) is 27.9. The van der Waals surface area contributed by atoms with E-state index < -0.39 is 5.91 Å². The SMILES string of the molecule is CC[C@H]1CN(c2nc(N)c(C(=O)NCCO)nc2Cl)CCN1C1CCN(Cc2ccc(C(=O)OC)cc2)CC1. The highest BCUT2D eigenvalue weighted by molar-refractivity contribution is 6.32. The molecule has 39 heavy (non-hydrogen) atoms. The summed E-state index contributed by atoms with van der Waals surface area (Å²) in [6, 6.07) is 8.50. The second kappa shape index (κ2) is 13.4. The number of halogens is 1. The molecule has 12 heteroatoms. The lowest BCUT2D eigenvalue weighted by molar-refractivity contribution is 0.0598. The summed E-state index contributed by atoms with van der Waals surface area (Å²) in [5.41, 5.74) is 7.78. The molecule has 2 saturated heterocycles. The number of aliphatic hydroxyl groups excluding tert-OH is 1. The monoisotopic (exact) mass is 559 g/mol. The Kier molecular flexibility index (Phi) is 9.95. The third-order valence-corrected chi connectivity index (χ3v) is 7.84. The number of carbonyl (C=O) groups is 2. The van der Waals surface area contributed by atoms with E-state index in [1.54, 1.807) is 0 Å². The number of piperazine rings is 1. The van der Waals surface area contributed by atoms with Crippen LogP contribution in [0, 0.1) is 0 Å². The maximum absolute atomic E-state index is 12.3. The van der Waals surface area contributed by atoms with E-state index in [4.69, 9.17) is 27.2 Å². The molecule has 0 bridgehead atoms. The van der Waals surface area contributed by atoms with E-state index in [1.807, 2.05) is 24.3 Å². The number of nitrogens with two attached hydrogens (primary N) is 1. The lowest BCUT2D eigenvalue weighted by atomic mass is 9.97. The molecule has 2 aromatic rings. The highest BCUT2D eigenvalue weighted by Crippen LogP contribution is 2.30. The molecule has 0 aliphatic carbocycles. The number of benzene rings is 1. The maximum atomic E-state index is 12.3. The third-order valence-electron chi connectivity index (χ3n) is 7.58. The molecule has 2 fully saturated rings. The number of hydrogen-bond donors (Lipinski definition) is 3. The largest absolute Gasteiger partial charge is 0.465 e. The molecule has 4 rings (SSSR count). The van der Waals surface area contributed by atoms with Gasteiger partial charge in [-0.05, 0) is 50.0 Å². The van der Waals surface area contributed by atoms with Gasteiger partial charge in [0.2, 0.25) is 0 Å². The Hall–Kier alpha value is -2.99. The minimum atomic E-state index is -0.511. The minimum absolute atomic E-state index is 0.0209. The normalized spacial score (nSPS) is 19.2. The van der Waals surface area contributed by atoms with Crippen LogP contribution in [0.1, 0.15) is 52.6 Å². The smallest absolute Gasteiger partial charge is 0.337 e. The Balaban J connectivity index is 1.33. The number of amides is 1. The molecule has 4 N–H and O–H groups in total. The summed E-state index contributed by atoms with van der Waals surface area (Å²) in [4.78, 5) is 39.8. The number of anilines is 2. The summed E-state index contributed by atoms with van der Waals surface area (Å²) < 4.78 is 4.78. The number of aromatic nitrogens is 2. The lowest BCUT2D eigenvalue weighted by Gasteiger charge is -2.47. The van der Waals surface area contributed by atoms with Crippen LogP contribution in [-0.4, -0.2) is 102 Å². The predicted molar refractivity (Wildman–Crippen MR) is 150 cm³/mol. The average molecular weight is 560 g/mol. The number of methoxy groups -OCH3 is 1. The van der Waals surface area contributed by atoms with Crippen molar-refractivity contribution in [2.75, 3.05) is 63.6 Å². The van der Waals surface area contributed by atoms with Crippen molar-refractivity contribution in [3.63, 3.8) is 0 Å². The van der Waals surface area contributed by atoms with E-state index in [1.165, 1.54) is 12.7 Å². The van der Waals surface area contributed by atoms with Gasteiger partial charge in [-0.2, -0.15) is 0 Å². The molecular weight excluding hydrogens is 522 g/mol. The fourth-order valence-corrected chi connectivity index (χ4v) is 5.72. The topological polar surface area (TPSA) is 137 Å². The van der Waals surface area contributed by atoms with Crippen molar-refractivity contribution < 1.29 is 19.4 Å². The number of aliphatic hydroxyl groups is 1. The van der Waals surface area contributed by atoms with Crippen molar-refractivity contribution in [1.82, 2.24) is 25.1 Å². The Morgan fingerprint density at radius 2 is 1.87 bits per heavy atom. The van der Waals surface area contributed by atoms with Crippen molar-refractivity contribution in [3.8, 4) is 0 Å². The number of rotatable bonds is 9. The molecule has 3 heterocycles. The molecule has 1 amide bonds. The number of nitrogen functional groups attached to an aromatic ring is 1. The Morgan fingerprint density at radius 1 is 1.15 bits per heavy atom. The molecule has 2 aliphatic heterocycles. The van der Waals surface area contributed by atoms with Gasteiger partial charge in [0.25, 0.3) is 5.91 Å². The number of likely N-dealkylation sites (tertiary alicyclic amines) is 1. The number of nitrogens with zero attached hydrogens (tertiary/aromatic N) is 5. The summed E-state index contributed by atoms with van der Waals surface area (Å²) in [6.07, 6.45) is 3.19. The standard InChI is InChI=1S/C27H38ClN7O4/c1-3-20-17-34(25-23(28)31-22(24(29)32-25)26(37)30-10-15-36)13-14-35(20)21-8-11-33(12-9-21)16-18-4-6-19(7-5-18)27(38)39-2/h4-7,20-21,36H,3,8-17H2,1-2H3,(H2,29,32)(H,30,37)/t20-/m0/s1. The van der Waals surface area contributed by atoms with Gasteiger partial charge in [0.05, 0.1) is 19.3 Å². The molecule has 11 nitrogen and oxygen atoms in total. The summed E-state index contributed by atoms with van der Waals surface area (Å²) >= 11 is 6.46. The number of hydrogen-bond acceptors (Lipinski definition) is 10. The number of nitrogens with one attached hydrogen (secondary N) is 1. The highest BCUT2D eigenvalue weighted by atomic mass is 35.5. The summed E-state index contributed by atoms with van der Waals surface area (Å²) in [5, 5.41) is 11.6. The predicted octanol–water partition coefficient (Wildman–Crippen LogP) is 1.79. The van der Waals surface area contributed by atoms with E-state index in [9.17, 15) is 9.59 Å². The lowest BCUT2D eigenvalue weighted by Crippen LogP contribution is -2.58. The van der Waals surface area contributed by atoms with Crippen LogP contribution in [0.15, 0.2) is 24.3 Å². The number of carbonyl (C=O) groups excluding carboxylic acids is 2. The molecule has 1 aromatic carbocycles. The van der Waals surface area contributed by atoms with Gasteiger partial charge >= 0.3 is 5.97 Å². The summed E-state index contributed by atoms with van der Waals surface area (Å²) in [5.74, 6) is -0.306. The number of esters is 1. The zero-order valence-electron chi connectivity index (χ0n) is 22.6. The third kappa shape index (κ3) is 6.96. The van der Waals surface area contributed by atoms with Crippen molar-refractivity contribution in [2.24, 2.45) is 0 Å². The van der Waals surface area contributed by atoms with Crippen molar-refractivity contribution >= 4 is 35.1 Å². The van der Waals surface area contributed by atoms with Crippen LogP contribution in [-0.2, 0) is 11.3 Å². The summed E-state index contributed by atoms with van der Waals surface area (Å²) in [6.45, 7) is 7.41. The Labute approximate surface area is 234 Å². The van der Waals surface area contributed by atoms with Gasteiger partial charge in [-0.3, -0.25) is 14.6 Å². The van der Waals surface area contributed by atoms with Gasteiger partial charge in [-0.1, -0.05) is 30.7 Å². The van der Waals surface area contributed by atoms with Gasteiger partial charge in [0, 0.05) is 44.8 Å². The van der Waals surface area contributed by atoms with Crippen molar-refractivity contribution in [2.45, 2.75) is 44.8 Å². The van der Waals surface area contributed by atoms with Gasteiger partial charge in [-0.25, -0.2) is 14.8 Å². The molecule has 0 spiro atoms. The van der Waals surface area contributed by atoms with E-state index in [0.717, 1.165) is 58.5 Å². The second-order valence-electron chi connectivity index (χ2n) is 9.99. The molecule has 1 atom stereocenters. The molecule has 1 aromatic heterocycles. The maximum Gasteiger partial charge on any atom is 0.337 e. The average Bonchev–Trinajstić information content (AvgIpc) is 2.97. The first-order chi connectivity index (χ1) is 18.8. The first-order valence-corrected chi connectivity index (χ1v) is 13.8. The van der Waals surface area contributed by atoms with Crippen molar-refractivity contribution in [3.05, 3.63) is 46.2 Å². The first kappa shape index (κ1) is 29.0. The Bertz CT molecular complexity index is 1140. The minimum Gasteiger partial charge on any atom is -0.465 e. The highest BCUT2D eigenvalue weighted by Gasteiger charge is 2.34. The molecule has 0 radical (unpaired) electrons. The van der Waals surface area contributed by atoms with E-state index >= 15 is 0 Å². The molecule has 2 aliphatic rings. The van der Waals surface area contributed by atoms with Crippen LogP contribution >= 0.6 is 11.6 Å². The van der Waals surface area contributed by atoms with Crippen LogP contribution in [0.5, 0.6) is 0 Å². The van der Waals surface area contributed by atoms with Gasteiger partial charge in [-0.15, -0.1) is 0 Å². The van der Waals surface area contributed by atoms with Crippen LogP contribution in [0.4, 0.5) is 11.6 Å². The molecule has 0 unspecified atom stereocenters. The van der Waals surface area contributed by atoms with Crippen LogP contribution in [0.25, 0.3) is 0 Å². The summed E-state index contributed by atoms with van der Waals surface area (Å²) in [7, 11) is 1.39. The van der Waals surface area contributed by atoms with Crippen LogP contribution in [0.3, 0.4) is 0 Å². The van der Waals surface area contributed by atoms with Crippen LogP contribution < -0.4 is 16.0 Å². The fourth-order valence-electron chi connectivity index (χ4n) is 5.48. The van der Waals surface area contributed by atoms with Crippen molar-refractivity contribution in [1.29, 1.82) is 0 Å².